The Kier molecular flexibility index (Phi) is 9.98. The predicted octanol–water partition coefficient (Wildman–Crippen LogP) is 5.92. The molecule has 1 atom stereocenters. The molecule has 0 saturated carbocycles. The summed E-state index contributed by atoms with van der Waals surface area (Å²) < 4.78 is 12.1. The molecule has 2 fully saturated rings. The van der Waals surface area contributed by atoms with Crippen LogP contribution in [0.2, 0.25) is 0 Å². The first-order valence-electron chi connectivity index (χ1n) is 19.1. The van der Waals surface area contributed by atoms with Gasteiger partial charge in [0.05, 0.1) is 0 Å². The number of carbonyl (C=O) groups is 2. The van der Waals surface area contributed by atoms with E-state index in [1.165, 1.54) is 11.1 Å². The lowest BCUT2D eigenvalue weighted by Gasteiger charge is -2.32. The maximum Gasteiger partial charge on any atom is 0.520 e. The van der Waals surface area contributed by atoms with Crippen molar-refractivity contribution >= 4 is 24.0 Å². The highest BCUT2D eigenvalue weighted by molar-refractivity contribution is 6.76. The largest absolute Gasteiger partial charge is 0.654 e. The fourth-order valence-corrected chi connectivity index (χ4v) is 8.26. The third-order valence-electron chi connectivity index (χ3n) is 11.4. The highest BCUT2D eigenvalue weighted by Gasteiger charge is 2.39. The molecule has 2 amide bonds. The van der Waals surface area contributed by atoms with Crippen molar-refractivity contribution < 1.29 is 23.9 Å². The zero-order chi connectivity index (χ0) is 37.2. The summed E-state index contributed by atoms with van der Waals surface area (Å²) in [5.41, 5.74) is 19.7. The van der Waals surface area contributed by atoms with Crippen molar-refractivity contribution in [3.63, 3.8) is 0 Å². The van der Waals surface area contributed by atoms with Crippen LogP contribution in [0.15, 0.2) is 115 Å². The van der Waals surface area contributed by atoms with Gasteiger partial charge in [0.15, 0.2) is 0 Å². The standard InChI is InChI=1S/C44H46BN4O5/c46-28-30-5-1-7-34(23-30)32-15-19-48(20-16-32)43(50)38-11-3-9-36(25-38)37-10-4-12-40(26-37)45(52)53-41-14-13-39(27-42(41)54-45)44(51)49-21-17-33(18-22-49)35-8-2-6-31(24-35)29-47/h1-14,23-27,32-33,52H,15-22,28-29,46-47H2/q-1/t45-/m1/s1. The van der Waals surface area contributed by atoms with Gasteiger partial charge in [-0.15, -0.1) is 0 Å². The lowest BCUT2D eigenvalue weighted by atomic mass is 9.69. The number of nitrogens with two attached hydrogens (primary N) is 2. The first-order chi connectivity index (χ1) is 26.3. The summed E-state index contributed by atoms with van der Waals surface area (Å²) in [5.74, 6) is 1.44. The fourth-order valence-electron chi connectivity index (χ4n) is 8.26. The van der Waals surface area contributed by atoms with Crippen molar-refractivity contribution in [3.8, 4) is 22.6 Å². The first kappa shape index (κ1) is 35.6. The SMILES string of the molecule is NCc1cccc(C2CCN(C(=O)c3cccc(-c4cccc([B@@-]5(O)Oc6ccc(C(=O)N7CCC(c8cccc(CN)c8)CC7)cc6O5)c4)c3)CC2)c1. The Hall–Kier alpha value is -5.42. The van der Waals surface area contributed by atoms with Gasteiger partial charge in [0, 0.05) is 50.4 Å². The summed E-state index contributed by atoms with van der Waals surface area (Å²) in [6.07, 6.45) is 3.57. The molecule has 0 bridgehead atoms. The molecule has 3 aliphatic rings. The Labute approximate surface area is 316 Å². The van der Waals surface area contributed by atoms with Gasteiger partial charge in [-0.25, -0.2) is 0 Å². The molecule has 9 nitrogen and oxygen atoms in total. The van der Waals surface area contributed by atoms with E-state index in [0.717, 1.165) is 47.9 Å². The van der Waals surface area contributed by atoms with Crippen LogP contribution in [0.5, 0.6) is 11.5 Å². The van der Waals surface area contributed by atoms with E-state index in [0.29, 0.717) is 79.2 Å². The highest BCUT2D eigenvalue weighted by atomic mass is 16.7. The number of amides is 2. The van der Waals surface area contributed by atoms with Crippen molar-refractivity contribution in [3.05, 3.63) is 149 Å². The molecule has 54 heavy (non-hydrogen) atoms. The van der Waals surface area contributed by atoms with Crippen molar-refractivity contribution in [2.24, 2.45) is 11.5 Å². The average Bonchev–Trinajstić information content (AvgIpc) is 3.60. The van der Waals surface area contributed by atoms with Crippen LogP contribution in [0.1, 0.15) is 80.5 Å². The van der Waals surface area contributed by atoms with Crippen LogP contribution in [-0.2, 0) is 13.1 Å². The predicted molar refractivity (Wildman–Crippen MR) is 212 cm³/mol. The first-order valence-corrected chi connectivity index (χ1v) is 19.1. The minimum Gasteiger partial charge on any atom is -0.654 e. The molecule has 5 aromatic carbocycles. The molecule has 10 heteroatoms. The second-order valence-corrected chi connectivity index (χ2v) is 14.8. The van der Waals surface area contributed by atoms with Crippen molar-refractivity contribution in [1.29, 1.82) is 0 Å². The van der Waals surface area contributed by atoms with Crippen LogP contribution in [0.3, 0.4) is 0 Å². The molecule has 8 rings (SSSR count). The van der Waals surface area contributed by atoms with Crippen molar-refractivity contribution in [1.82, 2.24) is 9.80 Å². The number of hydrogen-bond donors (Lipinski definition) is 3. The quantitative estimate of drug-likeness (QED) is 0.170. The van der Waals surface area contributed by atoms with Crippen molar-refractivity contribution in [2.75, 3.05) is 26.2 Å². The van der Waals surface area contributed by atoms with Crippen molar-refractivity contribution in [2.45, 2.75) is 50.6 Å². The number of benzene rings is 5. The van der Waals surface area contributed by atoms with Crippen LogP contribution in [0.4, 0.5) is 0 Å². The number of fused-ring (bicyclic) bond motifs is 1. The Balaban J connectivity index is 0.914. The average molecular weight is 722 g/mol. The van der Waals surface area contributed by atoms with E-state index in [-0.39, 0.29) is 11.8 Å². The number of rotatable bonds is 8. The molecule has 0 spiro atoms. The third-order valence-corrected chi connectivity index (χ3v) is 11.4. The van der Waals surface area contributed by atoms with Crippen LogP contribution in [0, 0.1) is 0 Å². The van der Waals surface area contributed by atoms with Crippen LogP contribution >= 0.6 is 0 Å². The number of nitrogens with zero attached hydrogens (tertiary/aromatic N) is 2. The van der Waals surface area contributed by atoms with E-state index < -0.39 is 6.75 Å². The Morgan fingerprint density at radius 1 is 0.593 bits per heavy atom. The second kappa shape index (κ2) is 15.1. The van der Waals surface area contributed by atoms with E-state index in [1.807, 2.05) is 64.4 Å². The summed E-state index contributed by atoms with van der Waals surface area (Å²) in [7, 11) is 0. The Bertz CT molecular complexity index is 2180. The number of carbonyl (C=O) groups excluding carboxylic acids is 2. The monoisotopic (exact) mass is 721 g/mol. The minimum absolute atomic E-state index is 0.00920. The van der Waals surface area contributed by atoms with E-state index in [4.69, 9.17) is 20.8 Å². The summed E-state index contributed by atoms with van der Waals surface area (Å²) in [4.78, 5) is 31.0. The van der Waals surface area contributed by atoms with E-state index in [1.54, 1.807) is 24.3 Å². The summed E-state index contributed by atoms with van der Waals surface area (Å²) >= 11 is 0. The van der Waals surface area contributed by atoms with Gasteiger partial charge < -0.3 is 35.6 Å². The van der Waals surface area contributed by atoms with Crippen LogP contribution < -0.4 is 26.2 Å². The van der Waals surface area contributed by atoms with Gasteiger partial charge in [-0.05, 0) is 101 Å². The van der Waals surface area contributed by atoms with Crippen LogP contribution in [0.25, 0.3) is 11.1 Å². The molecule has 3 heterocycles. The van der Waals surface area contributed by atoms with Gasteiger partial charge in [-0.1, -0.05) is 90.4 Å². The van der Waals surface area contributed by atoms with E-state index >= 15 is 0 Å². The minimum atomic E-state index is -2.90. The number of piperidine rings is 2. The molecule has 3 aliphatic heterocycles. The molecular weight excluding hydrogens is 675 g/mol. The molecule has 0 aromatic heterocycles. The molecule has 0 aliphatic carbocycles. The number of hydrogen-bond acceptors (Lipinski definition) is 7. The Morgan fingerprint density at radius 2 is 1.09 bits per heavy atom. The summed E-state index contributed by atoms with van der Waals surface area (Å²) in [5, 5.41) is 11.7. The maximum atomic E-state index is 13.7. The van der Waals surface area contributed by atoms with Gasteiger partial charge in [0.2, 0.25) is 0 Å². The zero-order valence-electron chi connectivity index (χ0n) is 30.4. The maximum absolute atomic E-state index is 13.7. The van der Waals surface area contributed by atoms with Gasteiger partial charge in [-0.3, -0.25) is 9.59 Å². The van der Waals surface area contributed by atoms with Gasteiger partial charge in [-0.2, -0.15) is 0 Å². The summed E-state index contributed by atoms with van der Waals surface area (Å²) in [6.45, 7) is 0.826. The third kappa shape index (κ3) is 7.25. The van der Waals surface area contributed by atoms with E-state index in [2.05, 4.69) is 36.4 Å². The van der Waals surface area contributed by atoms with E-state index in [9.17, 15) is 14.6 Å². The Morgan fingerprint density at radius 3 is 1.67 bits per heavy atom. The molecule has 0 radical (unpaired) electrons. The normalized spacial score (nSPS) is 18.9. The van der Waals surface area contributed by atoms with Gasteiger partial charge >= 0.3 is 6.75 Å². The zero-order valence-corrected chi connectivity index (χ0v) is 30.4. The van der Waals surface area contributed by atoms with Gasteiger partial charge in [0.1, 0.15) is 11.5 Å². The highest BCUT2D eigenvalue weighted by Crippen LogP contribution is 2.38. The van der Waals surface area contributed by atoms with Gasteiger partial charge in [0.25, 0.3) is 11.8 Å². The fraction of sp³-hybridized carbons (Fsp3) is 0.273. The molecule has 5 N–H and O–H groups in total. The lowest BCUT2D eigenvalue weighted by molar-refractivity contribution is 0.0705. The van der Waals surface area contributed by atoms with Crippen LogP contribution in [-0.4, -0.2) is 59.6 Å². The second-order valence-electron chi connectivity index (χ2n) is 14.8. The molecule has 0 unspecified atom stereocenters. The molecule has 2 saturated heterocycles. The molecule has 276 valence electrons. The smallest absolute Gasteiger partial charge is 0.520 e. The molecule has 5 aromatic rings. The summed E-state index contributed by atoms with van der Waals surface area (Å²) in [6, 6.07) is 36.9. The topological polar surface area (TPSA) is 131 Å². The number of likely N-dealkylation sites (tertiary alicyclic amines) is 2. The lowest BCUT2D eigenvalue weighted by Crippen LogP contribution is -2.57. The molecular formula is C44H46BN4O5-.